The fourth-order valence-corrected chi connectivity index (χ4v) is 4.40. The van der Waals surface area contributed by atoms with E-state index >= 15 is 0 Å². The zero-order chi connectivity index (χ0) is 19.1. The van der Waals surface area contributed by atoms with Crippen LogP contribution >= 0.6 is 23.4 Å². The van der Waals surface area contributed by atoms with Gasteiger partial charge in [-0.05, 0) is 60.7 Å². The molecule has 2 aromatic carbocycles. The average Bonchev–Trinajstić information content (AvgIpc) is 3.13. The molecule has 0 saturated carbocycles. The minimum atomic E-state index is -0.400. The Kier molecular flexibility index (Phi) is 4.66. The molecule has 0 fully saturated rings. The maximum Gasteiger partial charge on any atom is 0.506 e. The van der Waals surface area contributed by atoms with Crippen molar-refractivity contribution in [1.29, 1.82) is 0 Å². The molecule has 1 atom stereocenters. The third-order valence-corrected chi connectivity index (χ3v) is 6.08. The molecule has 27 heavy (non-hydrogen) atoms. The van der Waals surface area contributed by atoms with Gasteiger partial charge < -0.3 is 0 Å². The van der Waals surface area contributed by atoms with E-state index in [0.717, 1.165) is 22.4 Å². The fraction of sp³-hybridized carbons (Fsp3) is 0.190. The van der Waals surface area contributed by atoms with Gasteiger partial charge in [0, 0.05) is 5.02 Å². The molecule has 4 rings (SSSR count). The smallest absolute Gasteiger partial charge is 0.244 e. The Labute approximate surface area is 167 Å². The standard InChI is InChI=1S/C21H18ClN2O2S/c1-13-3-4-14(2)15(11-13)12-23-18-9-10-27-19(18)20(25)24(21(23)26)17-7-5-16(22)6-8-17/h3-11,19H,12H2,1-2H3/q+1. The minimum Gasteiger partial charge on any atom is -0.244 e. The molecule has 6 heteroatoms. The van der Waals surface area contributed by atoms with Gasteiger partial charge in [-0.2, -0.15) is 9.37 Å². The highest BCUT2D eigenvalue weighted by molar-refractivity contribution is 8.04. The van der Waals surface area contributed by atoms with Crippen LogP contribution in [-0.4, -0.2) is 27.5 Å². The first-order valence-corrected chi connectivity index (χ1v) is 9.94. The van der Waals surface area contributed by atoms with Gasteiger partial charge in [-0.25, -0.2) is 4.79 Å². The zero-order valence-corrected chi connectivity index (χ0v) is 16.6. The van der Waals surface area contributed by atoms with Crippen molar-refractivity contribution in [1.82, 2.24) is 0 Å². The summed E-state index contributed by atoms with van der Waals surface area (Å²) in [6, 6.07) is 12.6. The van der Waals surface area contributed by atoms with Crippen LogP contribution < -0.4 is 4.90 Å². The number of aryl methyl sites for hydroxylation is 2. The highest BCUT2D eigenvalue weighted by atomic mass is 35.5. The van der Waals surface area contributed by atoms with Gasteiger partial charge in [-0.3, -0.25) is 0 Å². The quantitative estimate of drug-likeness (QED) is 0.704. The molecular weight excluding hydrogens is 380 g/mol. The topological polar surface area (TPSA) is 40.4 Å². The van der Waals surface area contributed by atoms with Crippen LogP contribution in [-0.2, 0) is 11.3 Å². The average molecular weight is 398 g/mol. The van der Waals surface area contributed by atoms with Gasteiger partial charge in [0.25, 0.3) is 0 Å². The molecular formula is C21H18ClN2O2S+. The summed E-state index contributed by atoms with van der Waals surface area (Å²) in [4.78, 5) is 27.5. The lowest BCUT2D eigenvalue weighted by atomic mass is 10.0. The summed E-state index contributed by atoms with van der Waals surface area (Å²) in [6.45, 7) is 4.50. The number of carbonyl (C=O) groups is 2. The van der Waals surface area contributed by atoms with Gasteiger partial charge >= 0.3 is 11.9 Å². The Morgan fingerprint density at radius 2 is 1.85 bits per heavy atom. The number of hydrogen-bond acceptors (Lipinski definition) is 3. The Hall–Kier alpha value is -2.37. The normalized spacial score (nSPS) is 19.1. The molecule has 0 radical (unpaired) electrons. The van der Waals surface area contributed by atoms with Crippen molar-refractivity contribution in [2.75, 3.05) is 4.90 Å². The molecule has 2 aromatic rings. The Morgan fingerprint density at radius 1 is 1.11 bits per heavy atom. The molecule has 2 aliphatic heterocycles. The number of anilines is 1. The molecule has 3 amide bonds. The number of thioether (sulfide) groups is 1. The van der Waals surface area contributed by atoms with E-state index in [2.05, 4.69) is 18.2 Å². The number of benzene rings is 2. The van der Waals surface area contributed by atoms with Crippen LogP contribution in [0.3, 0.4) is 0 Å². The number of imide groups is 1. The molecule has 0 aliphatic carbocycles. The van der Waals surface area contributed by atoms with Crippen molar-refractivity contribution in [2.45, 2.75) is 25.6 Å². The van der Waals surface area contributed by atoms with E-state index in [-0.39, 0.29) is 11.9 Å². The van der Waals surface area contributed by atoms with Gasteiger partial charge in [0.05, 0.1) is 0 Å². The second-order valence-corrected chi connectivity index (χ2v) is 8.14. The predicted molar refractivity (Wildman–Crippen MR) is 110 cm³/mol. The lowest BCUT2D eigenvalue weighted by Crippen LogP contribution is -2.55. The van der Waals surface area contributed by atoms with E-state index in [1.807, 2.05) is 25.3 Å². The number of rotatable bonds is 3. The SMILES string of the molecule is Cc1ccc(C)c(C[N+]2=C3C=CSC3C(=O)N(c3ccc(Cl)cc3)C2=O)c1. The van der Waals surface area contributed by atoms with E-state index in [1.165, 1.54) is 16.7 Å². The highest BCUT2D eigenvalue weighted by Gasteiger charge is 2.50. The maximum absolute atomic E-state index is 13.3. The third kappa shape index (κ3) is 3.22. The number of allylic oxidation sites excluding steroid dienone is 1. The number of carbonyl (C=O) groups excluding carboxylic acids is 2. The van der Waals surface area contributed by atoms with Crippen molar-refractivity contribution in [2.24, 2.45) is 0 Å². The maximum atomic E-state index is 13.3. The van der Waals surface area contributed by atoms with Gasteiger partial charge in [0.2, 0.25) is 0 Å². The van der Waals surface area contributed by atoms with E-state index < -0.39 is 5.25 Å². The van der Waals surface area contributed by atoms with Crippen molar-refractivity contribution < 1.29 is 14.2 Å². The van der Waals surface area contributed by atoms with Crippen LogP contribution in [0.5, 0.6) is 0 Å². The van der Waals surface area contributed by atoms with Crippen LogP contribution in [0.25, 0.3) is 0 Å². The summed E-state index contributed by atoms with van der Waals surface area (Å²) >= 11 is 7.39. The summed E-state index contributed by atoms with van der Waals surface area (Å²) in [5.41, 5.74) is 4.62. The molecule has 0 spiro atoms. The molecule has 0 bridgehead atoms. The van der Waals surface area contributed by atoms with Crippen LogP contribution in [0.1, 0.15) is 16.7 Å². The van der Waals surface area contributed by atoms with E-state index in [4.69, 9.17) is 11.6 Å². The zero-order valence-electron chi connectivity index (χ0n) is 15.0. The van der Waals surface area contributed by atoms with Gasteiger partial charge in [0.15, 0.2) is 5.25 Å². The van der Waals surface area contributed by atoms with Gasteiger partial charge in [-0.1, -0.05) is 35.4 Å². The molecule has 4 nitrogen and oxygen atoms in total. The first-order valence-electron chi connectivity index (χ1n) is 8.62. The van der Waals surface area contributed by atoms with Crippen molar-refractivity contribution in [3.05, 3.63) is 75.7 Å². The largest absolute Gasteiger partial charge is 0.506 e. The first-order chi connectivity index (χ1) is 13.0. The Balaban J connectivity index is 1.78. The lowest BCUT2D eigenvalue weighted by Gasteiger charge is -2.24. The molecule has 0 saturated heterocycles. The number of nitrogens with zero attached hydrogens (tertiary/aromatic N) is 2. The Bertz CT molecular complexity index is 1010. The summed E-state index contributed by atoms with van der Waals surface area (Å²) in [7, 11) is 0. The third-order valence-electron chi connectivity index (χ3n) is 4.82. The van der Waals surface area contributed by atoms with Crippen LogP contribution in [0.2, 0.25) is 5.02 Å². The predicted octanol–water partition coefficient (Wildman–Crippen LogP) is 4.71. The molecule has 1 unspecified atom stereocenters. The molecule has 0 N–H and O–H groups in total. The number of amides is 3. The molecule has 136 valence electrons. The van der Waals surface area contributed by atoms with Gasteiger partial charge in [-0.15, -0.1) is 16.7 Å². The van der Waals surface area contributed by atoms with E-state index in [1.54, 1.807) is 28.8 Å². The second-order valence-electron chi connectivity index (χ2n) is 6.69. The Morgan fingerprint density at radius 3 is 2.59 bits per heavy atom. The summed E-state index contributed by atoms with van der Waals surface area (Å²) in [6.07, 6.45) is 1.87. The summed E-state index contributed by atoms with van der Waals surface area (Å²) in [5.74, 6) is -0.218. The second kappa shape index (κ2) is 6.98. The first kappa shape index (κ1) is 18.0. The van der Waals surface area contributed by atoms with Crippen molar-refractivity contribution in [3.63, 3.8) is 0 Å². The van der Waals surface area contributed by atoms with Crippen LogP contribution in [0, 0.1) is 13.8 Å². The minimum absolute atomic E-state index is 0.218. The number of hydrogen-bond donors (Lipinski definition) is 0. The summed E-state index contributed by atoms with van der Waals surface area (Å²) < 4.78 is 1.71. The lowest BCUT2D eigenvalue weighted by molar-refractivity contribution is -0.444. The number of fused-ring (bicyclic) bond motifs is 1. The fourth-order valence-electron chi connectivity index (χ4n) is 3.33. The van der Waals surface area contributed by atoms with E-state index in [9.17, 15) is 9.59 Å². The molecule has 0 aromatic heterocycles. The molecule has 2 heterocycles. The number of urea groups is 1. The van der Waals surface area contributed by atoms with Gasteiger partial charge in [0.1, 0.15) is 17.9 Å². The van der Waals surface area contributed by atoms with Crippen molar-refractivity contribution in [3.8, 4) is 0 Å². The van der Waals surface area contributed by atoms with Crippen molar-refractivity contribution >= 4 is 46.7 Å². The number of halogens is 1. The molecule has 2 aliphatic rings. The van der Waals surface area contributed by atoms with E-state index in [0.29, 0.717) is 17.3 Å². The van der Waals surface area contributed by atoms with Crippen LogP contribution in [0.15, 0.2) is 53.9 Å². The summed E-state index contributed by atoms with van der Waals surface area (Å²) in [5, 5.41) is 2.04. The monoisotopic (exact) mass is 397 g/mol. The highest BCUT2D eigenvalue weighted by Crippen LogP contribution is 2.31. The van der Waals surface area contributed by atoms with Crippen LogP contribution in [0.4, 0.5) is 10.5 Å².